The Labute approximate surface area is 81.1 Å². The van der Waals surface area contributed by atoms with E-state index in [1.807, 2.05) is 0 Å². The van der Waals surface area contributed by atoms with E-state index in [2.05, 4.69) is 0 Å². The van der Waals surface area contributed by atoms with Gasteiger partial charge in [-0.3, -0.25) is 0 Å². The first-order chi connectivity index (χ1) is 6.36. The molecule has 0 aliphatic rings. The lowest BCUT2D eigenvalue weighted by Gasteiger charge is -2.21. The minimum atomic E-state index is -1.40. The number of benzene rings is 1. The summed E-state index contributed by atoms with van der Waals surface area (Å²) in [5, 5.41) is 9.63. The van der Waals surface area contributed by atoms with Gasteiger partial charge in [0.15, 0.2) is 0 Å². The monoisotopic (exact) mass is 202 g/mol. The maximum absolute atomic E-state index is 13.3. The van der Waals surface area contributed by atoms with E-state index in [0.717, 1.165) is 12.1 Å². The molecule has 0 spiro atoms. The number of halogens is 2. The molecular weight excluding hydrogens is 190 g/mol. The van der Waals surface area contributed by atoms with E-state index in [-0.39, 0.29) is 11.3 Å². The average Bonchev–Trinajstić information content (AvgIpc) is 1.99. The molecule has 0 radical (unpaired) electrons. The van der Waals surface area contributed by atoms with Gasteiger partial charge in [0.25, 0.3) is 0 Å². The predicted octanol–water partition coefficient (Wildman–Crippen LogP) is 2.20. The minimum absolute atomic E-state index is 0.00926. The molecule has 0 saturated carbocycles. The van der Waals surface area contributed by atoms with Crippen LogP contribution in [-0.4, -0.2) is 12.2 Å². The summed E-state index contributed by atoms with van der Waals surface area (Å²) in [6, 6.07) is 1.76. The molecule has 0 fully saturated rings. The summed E-state index contributed by atoms with van der Waals surface area (Å²) >= 11 is 0. The third-order valence-electron chi connectivity index (χ3n) is 1.85. The average molecular weight is 202 g/mol. The number of methoxy groups -OCH3 is 1. The Balaban J connectivity index is 3.40. The van der Waals surface area contributed by atoms with Crippen LogP contribution in [0.2, 0.25) is 0 Å². The third-order valence-corrected chi connectivity index (χ3v) is 1.85. The summed E-state index contributed by atoms with van der Waals surface area (Å²) in [6.45, 7) is 2.82. The summed E-state index contributed by atoms with van der Waals surface area (Å²) in [4.78, 5) is 0. The number of hydrogen-bond donors (Lipinski definition) is 1. The van der Waals surface area contributed by atoms with E-state index in [4.69, 9.17) is 4.74 Å². The third kappa shape index (κ3) is 2.01. The molecule has 0 saturated heterocycles. The van der Waals surface area contributed by atoms with Crippen molar-refractivity contribution in [2.45, 2.75) is 19.4 Å². The van der Waals surface area contributed by atoms with Crippen LogP contribution in [-0.2, 0) is 5.60 Å². The Bertz CT molecular complexity index is 343. The molecule has 14 heavy (non-hydrogen) atoms. The highest BCUT2D eigenvalue weighted by Crippen LogP contribution is 2.32. The molecule has 0 unspecified atom stereocenters. The highest BCUT2D eigenvalue weighted by molar-refractivity contribution is 5.39. The van der Waals surface area contributed by atoms with E-state index in [0.29, 0.717) is 0 Å². The molecule has 1 rings (SSSR count). The zero-order valence-electron chi connectivity index (χ0n) is 8.27. The molecule has 0 aliphatic carbocycles. The molecule has 1 aromatic carbocycles. The quantitative estimate of drug-likeness (QED) is 0.796. The lowest BCUT2D eigenvalue weighted by atomic mass is 9.96. The van der Waals surface area contributed by atoms with Crippen molar-refractivity contribution in [3.8, 4) is 5.75 Å². The standard InChI is InChI=1S/C10H12F2O2/c1-10(2,13)9-7(12)4-6(11)5-8(9)14-3/h4-5,13H,1-3H3. The van der Waals surface area contributed by atoms with Crippen LogP contribution in [0, 0.1) is 11.6 Å². The molecule has 4 heteroatoms. The smallest absolute Gasteiger partial charge is 0.135 e. The second kappa shape index (κ2) is 3.53. The Kier molecular flexibility index (Phi) is 2.76. The van der Waals surface area contributed by atoms with Gasteiger partial charge >= 0.3 is 0 Å². The predicted molar refractivity (Wildman–Crippen MR) is 48.2 cm³/mol. The molecule has 0 atom stereocenters. The van der Waals surface area contributed by atoms with E-state index in [1.165, 1.54) is 21.0 Å². The largest absolute Gasteiger partial charge is 0.496 e. The van der Waals surface area contributed by atoms with Gasteiger partial charge in [-0.25, -0.2) is 8.78 Å². The fourth-order valence-electron chi connectivity index (χ4n) is 1.30. The van der Waals surface area contributed by atoms with Gasteiger partial charge in [-0.2, -0.15) is 0 Å². The van der Waals surface area contributed by atoms with Gasteiger partial charge in [0.1, 0.15) is 17.4 Å². The Morgan fingerprint density at radius 2 is 1.86 bits per heavy atom. The first-order valence-electron chi connectivity index (χ1n) is 4.12. The van der Waals surface area contributed by atoms with Gasteiger partial charge < -0.3 is 9.84 Å². The second-order valence-electron chi connectivity index (χ2n) is 3.52. The van der Waals surface area contributed by atoms with E-state index in [1.54, 1.807) is 0 Å². The lowest BCUT2D eigenvalue weighted by Crippen LogP contribution is -2.19. The van der Waals surface area contributed by atoms with E-state index < -0.39 is 17.2 Å². The van der Waals surface area contributed by atoms with Crippen LogP contribution in [0.1, 0.15) is 19.4 Å². The Morgan fingerprint density at radius 1 is 1.29 bits per heavy atom. The van der Waals surface area contributed by atoms with Gasteiger partial charge in [-0.05, 0) is 13.8 Å². The van der Waals surface area contributed by atoms with Crippen molar-refractivity contribution < 1.29 is 18.6 Å². The van der Waals surface area contributed by atoms with Crippen molar-refractivity contribution >= 4 is 0 Å². The molecule has 0 aromatic heterocycles. The van der Waals surface area contributed by atoms with Gasteiger partial charge in [0, 0.05) is 12.1 Å². The lowest BCUT2D eigenvalue weighted by molar-refractivity contribution is 0.0712. The van der Waals surface area contributed by atoms with Crippen LogP contribution in [0.4, 0.5) is 8.78 Å². The van der Waals surface area contributed by atoms with E-state index in [9.17, 15) is 13.9 Å². The minimum Gasteiger partial charge on any atom is -0.496 e. The summed E-state index contributed by atoms with van der Waals surface area (Å²) in [5.41, 5.74) is -1.44. The van der Waals surface area contributed by atoms with Crippen molar-refractivity contribution in [3.63, 3.8) is 0 Å². The van der Waals surface area contributed by atoms with Crippen molar-refractivity contribution in [1.29, 1.82) is 0 Å². The summed E-state index contributed by atoms with van der Waals surface area (Å²) < 4.78 is 30.9. The van der Waals surface area contributed by atoms with Crippen LogP contribution in [0.3, 0.4) is 0 Å². The topological polar surface area (TPSA) is 29.5 Å². The Morgan fingerprint density at radius 3 is 2.29 bits per heavy atom. The van der Waals surface area contributed by atoms with Gasteiger partial charge in [0.05, 0.1) is 18.3 Å². The molecule has 2 nitrogen and oxygen atoms in total. The number of aliphatic hydroxyl groups is 1. The van der Waals surface area contributed by atoms with Gasteiger partial charge in [0.2, 0.25) is 0 Å². The maximum atomic E-state index is 13.3. The molecular formula is C10H12F2O2. The number of hydrogen-bond acceptors (Lipinski definition) is 2. The fourth-order valence-corrected chi connectivity index (χ4v) is 1.30. The molecule has 0 aliphatic heterocycles. The highest BCUT2D eigenvalue weighted by Gasteiger charge is 2.26. The van der Waals surface area contributed by atoms with E-state index >= 15 is 0 Å². The number of rotatable bonds is 2. The molecule has 78 valence electrons. The zero-order chi connectivity index (χ0) is 10.9. The van der Waals surface area contributed by atoms with Crippen LogP contribution < -0.4 is 4.74 Å². The zero-order valence-corrected chi connectivity index (χ0v) is 8.27. The summed E-state index contributed by atoms with van der Waals surface area (Å²) in [6.07, 6.45) is 0. The van der Waals surface area contributed by atoms with Crippen molar-refractivity contribution in [2.24, 2.45) is 0 Å². The molecule has 1 N–H and O–H groups in total. The second-order valence-corrected chi connectivity index (χ2v) is 3.52. The van der Waals surface area contributed by atoms with Crippen molar-refractivity contribution in [1.82, 2.24) is 0 Å². The first-order valence-corrected chi connectivity index (χ1v) is 4.12. The van der Waals surface area contributed by atoms with Crippen LogP contribution >= 0.6 is 0 Å². The first kappa shape index (κ1) is 10.9. The van der Waals surface area contributed by atoms with Crippen LogP contribution in [0.15, 0.2) is 12.1 Å². The van der Waals surface area contributed by atoms with Gasteiger partial charge in [-0.1, -0.05) is 0 Å². The highest BCUT2D eigenvalue weighted by atomic mass is 19.1. The molecule has 1 aromatic rings. The number of ether oxygens (including phenoxy) is 1. The molecule has 0 amide bonds. The van der Waals surface area contributed by atoms with Gasteiger partial charge in [-0.15, -0.1) is 0 Å². The molecule has 0 bridgehead atoms. The van der Waals surface area contributed by atoms with Crippen LogP contribution in [0.25, 0.3) is 0 Å². The summed E-state index contributed by atoms with van der Waals surface area (Å²) in [7, 11) is 1.30. The molecule has 0 heterocycles. The SMILES string of the molecule is COc1cc(F)cc(F)c1C(C)(C)O. The maximum Gasteiger partial charge on any atom is 0.135 e. The van der Waals surface area contributed by atoms with Crippen molar-refractivity contribution in [2.75, 3.05) is 7.11 Å². The van der Waals surface area contributed by atoms with Crippen LogP contribution in [0.5, 0.6) is 5.75 Å². The fraction of sp³-hybridized carbons (Fsp3) is 0.400. The Hall–Kier alpha value is -1.16. The normalized spacial score (nSPS) is 11.6. The van der Waals surface area contributed by atoms with Crippen molar-refractivity contribution in [3.05, 3.63) is 29.3 Å². The summed E-state index contributed by atoms with van der Waals surface area (Å²) in [5.74, 6) is -1.53.